The Hall–Kier alpha value is -1.86. The van der Waals surface area contributed by atoms with Crippen molar-refractivity contribution in [2.45, 2.75) is 25.5 Å². The summed E-state index contributed by atoms with van der Waals surface area (Å²) in [5.41, 5.74) is 1.78. The molecule has 102 valence electrons. The van der Waals surface area contributed by atoms with E-state index in [4.69, 9.17) is 9.52 Å². The highest BCUT2D eigenvalue weighted by molar-refractivity contribution is 7.92. The van der Waals surface area contributed by atoms with E-state index in [1.165, 1.54) is 12.1 Å². The second kappa shape index (κ2) is 5.02. The summed E-state index contributed by atoms with van der Waals surface area (Å²) in [4.78, 5) is 4.18. The number of hydrogen-bond acceptors (Lipinski definition) is 5. The van der Waals surface area contributed by atoms with Crippen LogP contribution in [0.15, 0.2) is 33.8 Å². The van der Waals surface area contributed by atoms with Crippen LogP contribution < -0.4 is 4.72 Å². The zero-order chi connectivity index (χ0) is 14.0. The molecule has 0 bridgehead atoms. The van der Waals surface area contributed by atoms with Gasteiger partial charge in [-0.2, -0.15) is 8.42 Å². The van der Waals surface area contributed by atoms with E-state index in [2.05, 4.69) is 9.71 Å². The summed E-state index contributed by atoms with van der Waals surface area (Å²) in [6.07, 6.45) is 0. The molecule has 0 saturated heterocycles. The van der Waals surface area contributed by atoms with Crippen LogP contribution in [0, 0.1) is 13.8 Å². The molecule has 0 atom stereocenters. The molecule has 0 spiro atoms. The molecule has 2 rings (SSSR count). The Morgan fingerprint density at radius 2 is 2.00 bits per heavy atom. The maximum Gasteiger partial charge on any atom is 0.295 e. The van der Waals surface area contributed by atoms with Gasteiger partial charge in [-0.1, -0.05) is 0 Å². The topological polar surface area (TPSA) is 92.4 Å². The molecule has 0 aliphatic heterocycles. The summed E-state index contributed by atoms with van der Waals surface area (Å²) < 4.78 is 31.5. The molecule has 2 heterocycles. The Balaban J connectivity index is 2.30. The molecule has 0 unspecified atom stereocenters. The molecule has 0 saturated carbocycles. The third kappa shape index (κ3) is 2.94. The zero-order valence-electron chi connectivity index (χ0n) is 10.5. The standard InChI is InChI=1S/C12H14N2O4S/c1-8-3-5-11(9(2)13-8)14-19(16,17)12-6-4-10(7-15)18-12/h3-6,14-15H,7H2,1-2H3. The second-order valence-electron chi connectivity index (χ2n) is 4.07. The van der Waals surface area contributed by atoms with Crippen LogP contribution in [0.4, 0.5) is 5.69 Å². The molecule has 7 heteroatoms. The van der Waals surface area contributed by atoms with Gasteiger partial charge in [0.2, 0.25) is 5.09 Å². The van der Waals surface area contributed by atoms with Crippen molar-refractivity contribution in [3.63, 3.8) is 0 Å². The first kappa shape index (κ1) is 13.6. The maximum atomic E-state index is 12.1. The third-order valence-electron chi connectivity index (χ3n) is 2.53. The zero-order valence-corrected chi connectivity index (χ0v) is 11.4. The van der Waals surface area contributed by atoms with Crippen LogP contribution in [0.5, 0.6) is 0 Å². The molecule has 0 radical (unpaired) electrons. The molecular formula is C12H14N2O4S. The minimum atomic E-state index is -3.81. The summed E-state index contributed by atoms with van der Waals surface area (Å²) in [6, 6.07) is 6.07. The number of furan rings is 1. The molecular weight excluding hydrogens is 268 g/mol. The predicted octanol–water partition coefficient (Wildman–Crippen LogP) is 1.58. The Morgan fingerprint density at radius 3 is 2.58 bits per heavy atom. The van der Waals surface area contributed by atoms with Gasteiger partial charge in [0.15, 0.2) is 0 Å². The number of aryl methyl sites for hydroxylation is 2. The predicted molar refractivity (Wildman–Crippen MR) is 69.2 cm³/mol. The fourth-order valence-electron chi connectivity index (χ4n) is 1.58. The van der Waals surface area contributed by atoms with Crippen molar-refractivity contribution in [3.05, 3.63) is 41.4 Å². The molecule has 2 aromatic rings. The lowest BCUT2D eigenvalue weighted by atomic mass is 10.3. The van der Waals surface area contributed by atoms with Crippen LogP contribution in [-0.2, 0) is 16.6 Å². The highest BCUT2D eigenvalue weighted by Gasteiger charge is 2.19. The quantitative estimate of drug-likeness (QED) is 0.888. The van der Waals surface area contributed by atoms with Crippen LogP contribution in [0.25, 0.3) is 0 Å². The molecule has 2 N–H and O–H groups in total. The van der Waals surface area contributed by atoms with E-state index in [9.17, 15) is 8.42 Å². The van der Waals surface area contributed by atoms with E-state index >= 15 is 0 Å². The third-order valence-corrected chi connectivity index (χ3v) is 3.76. The maximum absolute atomic E-state index is 12.1. The average Bonchev–Trinajstić information content (AvgIpc) is 2.82. The van der Waals surface area contributed by atoms with Crippen LogP contribution >= 0.6 is 0 Å². The number of pyridine rings is 1. The number of hydrogen-bond donors (Lipinski definition) is 2. The number of sulfonamides is 1. The largest absolute Gasteiger partial charge is 0.445 e. The van der Waals surface area contributed by atoms with Gasteiger partial charge in [0.05, 0.1) is 11.4 Å². The number of nitrogens with zero attached hydrogens (tertiary/aromatic N) is 1. The Kier molecular flexibility index (Phi) is 3.59. The van der Waals surface area contributed by atoms with Crippen molar-refractivity contribution in [3.8, 4) is 0 Å². The molecule has 0 aliphatic carbocycles. The molecule has 0 aliphatic rings. The van der Waals surface area contributed by atoms with Gasteiger partial charge in [0.25, 0.3) is 10.0 Å². The van der Waals surface area contributed by atoms with Gasteiger partial charge in [0.1, 0.15) is 12.4 Å². The van der Waals surface area contributed by atoms with E-state index < -0.39 is 10.0 Å². The summed E-state index contributed by atoms with van der Waals surface area (Å²) in [6.45, 7) is 3.19. The first-order valence-electron chi connectivity index (χ1n) is 5.59. The Morgan fingerprint density at radius 1 is 1.26 bits per heavy atom. The molecule has 19 heavy (non-hydrogen) atoms. The van der Waals surface area contributed by atoms with Crippen LogP contribution in [0.2, 0.25) is 0 Å². The van der Waals surface area contributed by atoms with Gasteiger partial charge < -0.3 is 9.52 Å². The molecule has 0 amide bonds. The van der Waals surface area contributed by atoms with Gasteiger partial charge >= 0.3 is 0 Å². The summed E-state index contributed by atoms with van der Waals surface area (Å²) in [5, 5.41) is 8.62. The van der Waals surface area contributed by atoms with Crippen molar-refractivity contribution in [2.24, 2.45) is 0 Å². The Labute approximate surface area is 111 Å². The van der Waals surface area contributed by atoms with E-state index in [1.807, 2.05) is 6.92 Å². The Bertz CT molecular complexity index is 692. The van der Waals surface area contributed by atoms with Crippen LogP contribution in [0.1, 0.15) is 17.1 Å². The summed E-state index contributed by atoms with van der Waals surface area (Å²) in [5.74, 6) is 0.194. The monoisotopic (exact) mass is 282 g/mol. The number of anilines is 1. The minimum absolute atomic E-state index is 0.194. The minimum Gasteiger partial charge on any atom is -0.445 e. The van der Waals surface area contributed by atoms with Gasteiger partial charge in [-0.15, -0.1) is 0 Å². The van der Waals surface area contributed by atoms with Crippen LogP contribution in [-0.4, -0.2) is 18.5 Å². The fraction of sp³-hybridized carbons (Fsp3) is 0.250. The van der Waals surface area contributed by atoms with E-state index in [-0.39, 0.29) is 17.5 Å². The van der Waals surface area contributed by atoms with Gasteiger partial charge in [-0.05, 0) is 38.1 Å². The highest BCUT2D eigenvalue weighted by atomic mass is 32.2. The van der Waals surface area contributed by atoms with E-state index in [0.717, 1.165) is 5.69 Å². The van der Waals surface area contributed by atoms with E-state index in [0.29, 0.717) is 11.4 Å². The van der Waals surface area contributed by atoms with Crippen molar-refractivity contribution in [1.82, 2.24) is 4.98 Å². The normalized spacial score (nSPS) is 11.5. The van der Waals surface area contributed by atoms with Gasteiger partial charge in [-0.3, -0.25) is 9.71 Å². The number of aliphatic hydroxyl groups excluding tert-OH is 1. The lowest BCUT2D eigenvalue weighted by molar-refractivity contribution is 0.236. The number of rotatable bonds is 4. The summed E-state index contributed by atoms with van der Waals surface area (Å²) >= 11 is 0. The smallest absolute Gasteiger partial charge is 0.295 e. The first-order valence-corrected chi connectivity index (χ1v) is 7.07. The fourth-order valence-corrected chi connectivity index (χ4v) is 2.65. The van der Waals surface area contributed by atoms with Crippen molar-refractivity contribution in [1.29, 1.82) is 0 Å². The average molecular weight is 282 g/mol. The number of aromatic nitrogens is 1. The van der Waals surface area contributed by atoms with Gasteiger partial charge in [0, 0.05) is 5.69 Å². The van der Waals surface area contributed by atoms with Crippen molar-refractivity contribution < 1.29 is 17.9 Å². The molecule has 6 nitrogen and oxygen atoms in total. The van der Waals surface area contributed by atoms with Gasteiger partial charge in [-0.25, -0.2) is 0 Å². The SMILES string of the molecule is Cc1ccc(NS(=O)(=O)c2ccc(CO)o2)c(C)n1. The molecule has 0 fully saturated rings. The van der Waals surface area contributed by atoms with E-state index in [1.54, 1.807) is 19.1 Å². The summed E-state index contributed by atoms with van der Waals surface area (Å²) in [7, 11) is -3.81. The second-order valence-corrected chi connectivity index (χ2v) is 5.68. The lowest BCUT2D eigenvalue weighted by Gasteiger charge is -2.08. The van der Waals surface area contributed by atoms with Crippen molar-refractivity contribution >= 4 is 15.7 Å². The molecule has 0 aromatic carbocycles. The lowest BCUT2D eigenvalue weighted by Crippen LogP contribution is -2.13. The number of nitrogens with one attached hydrogen (secondary N) is 1. The molecule has 2 aromatic heterocycles. The van der Waals surface area contributed by atoms with Crippen molar-refractivity contribution in [2.75, 3.05) is 4.72 Å². The number of aliphatic hydroxyl groups is 1. The highest BCUT2D eigenvalue weighted by Crippen LogP contribution is 2.20. The first-order chi connectivity index (χ1) is 8.92. The van der Waals surface area contributed by atoms with Crippen LogP contribution in [0.3, 0.4) is 0 Å².